The molecule has 1 saturated carbocycles. The van der Waals surface area contributed by atoms with E-state index in [0.717, 1.165) is 63.9 Å². The second-order valence-corrected chi connectivity index (χ2v) is 7.76. The van der Waals surface area contributed by atoms with Crippen molar-refractivity contribution in [3.63, 3.8) is 0 Å². The molecular weight excluding hydrogens is 386 g/mol. The standard InChI is InChI=1S/C21H33N3O3.CH2O2/c1-2-11-27-20-14-17(21(25)23-15-16-5-9-22-10-6-16)3-4-19(20)24-18-7-12-26-13-8-18;2-1-3/h5-6,9-10,17-20,24H,2-4,7-8,11-15H2,1H3,(H,23,25);1H,(H,2,3)/t17-,19+,20+;/m0./s1. The number of nitrogens with one attached hydrogen (secondary N) is 2. The van der Waals surface area contributed by atoms with E-state index in [0.29, 0.717) is 18.6 Å². The van der Waals surface area contributed by atoms with Crippen molar-refractivity contribution >= 4 is 12.4 Å². The van der Waals surface area contributed by atoms with Gasteiger partial charge in [0, 0.05) is 56.8 Å². The van der Waals surface area contributed by atoms with Crippen molar-refractivity contribution in [3.05, 3.63) is 30.1 Å². The van der Waals surface area contributed by atoms with Gasteiger partial charge < -0.3 is 25.2 Å². The first kappa shape index (κ1) is 24.2. The lowest BCUT2D eigenvalue weighted by Gasteiger charge is -2.38. The third-order valence-corrected chi connectivity index (χ3v) is 5.59. The van der Waals surface area contributed by atoms with E-state index in [4.69, 9.17) is 19.4 Å². The molecule has 1 aliphatic heterocycles. The fourth-order valence-electron chi connectivity index (χ4n) is 4.01. The highest BCUT2D eigenvalue weighted by Gasteiger charge is 2.35. The molecular formula is C22H35N3O5. The number of hydrogen-bond acceptors (Lipinski definition) is 6. The summed E-state index contributed by atoms with van der Waals surface area (Å²) in [7, 11) is 0. The number of carboxylic acid groups (broad SMARTS) is 1. The van der Waals surface area contributed by atoms with Crippen molar-refractivity contribution in [2.45, 2.75) is 70.2 Å². The number of ether oxygens (including phenoxy) is 2. The molecule has 2 heterocycles. The van der Waals surface area contributed by atoms with Gasteiger partial charge in [0.25, 0.3) is 6.47 Å². The van der Waals surface area contributed by atoms with Gasteiger partial charge in [0.2, 0.25) is 5.91 Å². The van der Waals surface area contributed by atoms with Crippen LogP contribution in [0.15, 0.2) is 24.5 Å². The molecule has 8 heteroatoms. The highest BCUT2D eigenvalue weighted by atomic mass is 16.5. The highest BCUT2D eigenvalue weighted by Crippen LogP contribution is 2.28. The van der Waals surface area contributed by atoms with Crippen LogP contribution in [0.25, 0.3) is 0 Å². The lowest BCUT2D eigenvalue weighted by Crippen LogP contribution is -2.52. The van der Waals surface area contributed by atoms with E-state index < -0.39 is 0 Å². The topological polar surface area (TPSA) is 110 Å². The van der Waals surface area contributed by atoms with Crippen molar-refractivity contribution < 1.29 is 24.2 Å². The van der Waals surface area contributed by atoms with Crippen LogP contribution in [0.3, 0.4) is 0 Å². The van der Waals surface area contributed by atoms with E-state index >= 15 is 0 Å². The number of amides is 1. The maximum atomic E-state index is 12.7. The molecule has 1 saturated heterocycles. The fourth-order valence-corrected chi connectivity index (χ4v) is 4.01. The van der Waals surface area contributed by atoms with Gasteiger partial charge in [-0.1, -0.05) is 6.92 Å². The van der Waals surface area contributed by atoms with Gasteiger partial charge >= 0.3 is 0 Å². The Bertz CT molecular complexity index is 610. The first-order valence-electron chi connectivity index (χ1n) is 10.9. The zero-order chi connectivity index (χ0) is 21.6. The smallest absolute Gasteiger partial charge is 0.290 e. The SMILES string of the molecule is CCCO[C@@H]1C[C@@H](C(=O)NCc2ccncc2)CC[C@H]1NC1CCOCC1.O=CO. The van der Waals surface area contributed by atoms with E-state index in [-0.39, 0.29) is 24.4 Å². The number of hydrogen-bond donors (Lipinski definition) is 3. The van der Waals surface area contributed by atoms with Crippen molar-refractivity contribution in [2.75, 3.05) is 19.8 Å². The molecule has 30 heavy (non-hydrogen) atoms. The molecule has 0 spiro atoms. The highest BCUT2D eigenvalue weighted by molar-refractivity contribution is 5.78. The summed E-state index contributed by atoms with van der Waals surface area (Å²) in [5.74, 6) is 0.169. The molecule has 3 atom stereocenters. The minimum atomic E-state index is -0.250. The quantitative estimate of drug-likeness (QED) is 0.552. The van der Waals surface area contributed by atoms with Crippen LogP contribution in [-0.2, 0) is 25.6 Å². The molecule has 0 unspecified atom stereocenters. The van der Waals surface area contributed by atoms with E-state index in [1.54, 1.807) is 12.4 Å². The number of carbonyl (C=O) groups excluding carboxylic acids is 1. The summed E-state index contributed by atoms with van der Waals surface area (Å²) in [5.41, 5.74) is 1.08. The Labute approximate surface area is 178 Å². The van der Waals surface area contributed by atoms with Crippen LogP contribution in [0.2, 0.25) is 0 Å². The lowest BCUT2D eigenvalue weighted by molar-refractivity contribution is -0.129. The van der Waals surface area contributed by atoms with Crippen molar-refractivity contribution in [2.24, 2.45) is 5.92 Å². The van der Waals surface area contributed by atoms with Crippen LogP contribution in [0.4, 0.5) is 0 Å². The van der Waals surface area contributed by atoms with Gasteiger partial charge in [-0.25, -0.2) is 0 Å². The Kier molecular flexibility index (Phi) is 11.4. The fraction of sp³-hybridized carbons (Fsp3) is 0.682. The summed E-state index contributed by atoms with van der Waals surface area (Å²) in [4.78, 5) is 25.0. The first-order valence-corrected chi connectivity index (χ1v) is 10.9. The van der Waals surface area contributed by atoms with Gasteiger partial charge in [0.1, 0.15) is 0 Å². The van der Waals surface area contributed by atoms with Crippen LogP contribution in [0.5, 0.6) is 0 Å². The summed E-state index contributed by atoms with van der Waals surface area (Å²) in [6.07, 6.45) is 9.43. The van der Waals surface area contributed by atoms with Crippen LogP contribution < -0.4 is 10.6 Å². The predicted molar refractivity (Wildman–Crippen MR) is 113 cm³/mol. The van der Waals surface area contributed by atoms with Gasteiger partial charge in [0.15, 0.2) is 0 Å². The Balaban J connectivity index is 0.00000101. The monoisotopic (exact) mass is 421 g/mol. The van der Waals surface area contributed by atoms with Crippen molar-refractivity contribution in [1.82, 2.24) is 15.6 Å². The average molecular weight is 422 g/mol. The third-order valence-electron chi connectivity index (χ3n) is 5.59. The van der Waals surface area contributed by atoms with Gasteiger partial charge in [-0.3, -0.25) is 14.6 Å². The molecule has 0 aromatic carbocycles. The van der Waals surface area contributed by atoms with Gasteiger partial charge in [0.05, 0.1) is 6.10 Å². The second kappa shape index (κ2) is 14.1. The molecule has 1 amide bonds. The zero-order valence-electron chi connectivity index (χ0n) is 17.8. The zero-order valence-corrected chi connectivity index (χ0v) is 17.8. The predicted octanol–water partition coefficient (Wildman–Crippen LogP) is 2.13. The molecule has 0 bridgehead atoms. The summed E-state index contributed by atoms with van der Waals surface area (Å²) < 4.78 is 11.6. The minimum absolute atomic E-state index is 0.0291. The van der Waals surface area contributed by atoms with Gasteiger partial charge in [-0.15, -0.1) is 0 Å². The van der Waals surface area contributed by atoms with Crippen LogP contribution in [0, 0.1) is 5.92 Å². The third kappa shape index (κ3) is 8.38. The number of aromatic nitrogens is 1. The molecule has 2 aliphatic rings. The molecule has 168 valence electrons. The Morgan fingerprint density at radius 2 is 1.97 bits per heavy atom. The molecule has 0 radical (unpaired) electrons. The Morgan fingerprint density at radius 3 is 2.63 bits per heavy atom. The van der Waals surface area contributed by atoms with Gasteiger partial charge in [-0.05, 0) is 56.2 Å². The minimum Gasteiger partial charge on any atom is -0.483 e. The van der Waals surface area contributed by atoms with E-state index in [9.17, 15) is 4.79 Å². The number of rotatable bonds is 8. The van der Waals surface area contributed by atoms with Crippen molar-refractivity contribution in [1.29, 1.82) is 0 Å². The molecule has 1 aromatic rings. The molecule has 1 aromatic heterocycles. The van der Waals surface area contributed by atoms with E-state index in [1.165, 1.54) is 0 Å². The molecule has 8 nitrogen and oxygen atoms in total. The maximum absolute atomic E-state index is 12.7. The Hall–Kier alpha value is -2.03. The average Bonchev–Trinajstić information content (AvgIpc) is 2.78. The number of carbonyl (C=O) groups is 2. The van der Waals surface area contributed by atoms with Gasteiger partial charge in [-0.2, -0.15) is 0 Å². The summed E-state index contributed by atoms with van der Waals surface area (Å²) in [5, 5.41) is 13.8. The number of nitrogens with zero attached hydrogens (tertiary/aromatic N) is 1. The van der Waals surface area contributed by atoms with Crippen LogP contribution >= 0.6 is 0 Å². The molecule has 3 rings (SSSR count). The number of pyridine rings is 1. The van der Waals surface area contributed by atoms with Crippen LogP contribution in [-0.4, -0.2) is 60.5 Å². The van der Waals surface area contributed by atoms with Crippen LogP contribution in [0.1, 0.15) is 51.0 Å². The summed E-state index contributed by atoms with van der Waals surface area (Å²) in [6, 6.07) is 4.71. The second-order valence-electron chi connectivity index (χ2n) is 7.76. The largest absolute Gasteiger partial charge is 0.483 e. The first-order chi connectivity index (χ1) is 14.7. The van der Waals surface area contributed by atoms with Crippen molar-refractivity contribution in [3.8, 4) is 0 Å². The summed E-state index contributed by atoms with van der Waals surface area (Å²) >= 11 is 0. The molecule has 3 N–H and O–H groups in total. The summed E-state index contributed by atoms with van der Waals surface area (Å²) in [6.45, 7) is 4.86. The Morgan fingerprint density at radius 1 is 1.27 bits per heavy atom. The molecule has 2 fully saturated rings. The van der Waals surface area contributed by atoms with E-state index in [1.807, 2.05) is 12.1 Å². The lowest BCUT2D eigenvalue weighted by atomic mass is 9.82. The normalized spacial score (nSPS) is 24.4. The van der Waals surface area contributed by atoms with E-state index in [2.05, 4.69) is 22.5 Å². The maximum Gasteiger partial charge on any atom is 0.290 e. The molecule has 1 aliphatic carbocycles.